The van der Waals surface area contributed by atoms with Crippen LogP contribution < -0.4 is 10.5 Å². The van der Waals surface area contributed by atoms with Gasteiger partial charge in [-0.25, -0.2) is 13.1 Å². The van der Waals surface area contributed by atoms with Crippen LogP contribution in [0, 0.1) is 10.8 Å². The topological polar surface area (TPSA) is 72.2 Å². The molecule has 1 aromatic carbocycles. The Morgan fingerprint density at radius 3 is 2.20 bits per heavy atom. The van der Waals surface area contributed by atoms with Gasteiger partial charge in [0.05, 0.1) is 4.90 Å². The van der Waals surface area contributed by atoms with Crippen molar-refractivity contribution >= 4 is 15.7 Å². The van der Waals surface area contributed by atoms with Crippen LogP contribution in [-0.4, -0.2) is 14.5 Å². The number of aryl methyl sites for hydroxylation is 1. The van der Waals surface area contributed by atoms with Gasteiger partial charge in [-0.15, -0.1) is 0 Å². The number of nitrogens with two attached hydrogens (primary N) is 1. The zero-order chi connectivity index (χ0) is 15.3. The van der Waals surface area contributed by atoms with E-state index in [1.807, 2.05) is 6.92 Å². The summed E-state index contributed by atoms with van der Waals surface area (Å²) in [5, 5.41) is 0. The number of nitrogens with one attached hydrogen (secondary N) is 1. The lowest BCUT2D eigenvalue weighted by molar-refractivity contribution is 0.457. The highest BCUT2D eigenvalue weighted by molar-refractivity contribution is 7.89. The maximum absolute atomic E-state index is 12.6. The molecule has 0 radical (unpaired) electrons. The lowest BCUT2D eigenvalue weighted by atomic mass is 10.0. The quantitative estimate of drug-likeness (QED) is 0.839. The van der Waals surface area contributed by atoms with Crippen molar-refractivity contribution in [3.05, 3.63) is 23.8 Å². The monoisotopic (exact) mass is 296 g/mol. The largest absolute Gasteiger partial charge is 0.399 e. The van der Waals surface area contributed by atoms with E-state index in [0.29, 0.717) is 17.0 Å². The van der Waals surface area contributed by atoms with Crippen molar-refractivity contribution in [1.82, 2.24) is 4.72 Å². The molecule has 3 N–H and O–H groups in total. The first-order chi connectivity index (χ1) is 9.04. The molecule has 0 spiro atoms. The third-order valence-electron chi connectivity index (χ3n) is 5.06. The summed E-state index contributed by atoms with van der Waals surface area (Å²) < 4.78 is 28.1. The summed E-state index contributed by atoms with van der Waals surface area (Å²) in [6, 6.07) is 5.02. The SMILES string of the molecule is CCc1ccc(N)cc1S(=O)(=O)NC1C(C)(C)C1(C)C. The second-order valence-electron chi connectivity index (χ2n) is 6.72. The Balaban J connectivity index is 2.36. The molecule has 0 saturated heterocycles. The molecule has 1 aliphatic carbocycles. The molecule has 112 valence electrons. The minimum atomic E-state index is -3.53. The molecule has 0 aromatic heterocycles. The molecule has 1 aliphatic rings. The number of anilines is 1. The third-order valence-corrected chi connectivity index (χ3v) is 6.56. The Morgan fingerprint density at radius 1 is 1.20 bits per heavy atom. The average Bonchev–Trinajstić information content (AvgIpc) is 2.71. The molecule has 0 aliphatic heterocycles. The summed E-state index contributed by atoms with van der Waals surface area (Å²) in [7, 11) is -3.53. The first-order valence-corrected chi connectivity index (χ1v) is 8.43. The van der Waals surface area contributed by atoms with E-state index in [0.717, 1.165) is 5.56 Å². The van der Waals surface area contributed by atoms with Crippen LogP contribution in [0.15, 0.2) is 23.1 Å². The summed E-state index contributed by atoms with van der Waals surface area (Å²) in [6.07, 6.45) is 0.661. The van der Waals surface area contributed by atoms with Crippen molar-refractivity contribution in [3.8, 4) is 0 Å². The summed E-state index contributed by atoms with van der Waals surface area (Å²) in [5.41, 5.74) is 6.93. The van der Waals surface area contributed by atoms with E-state index >= 15 is 0 Å². The molecular weight excluding hydrogens is 272 g/mol. The zero-order valence-electron chi connectivity index (χ0n) is 12.8. The number of rotatable bonds is 4. The van der Waals surface area contributed by atoms with Crippen molar-refractivity contribution in [2.45, 2.75) is 52.0 Å². The predicted molar refractivity (Wildman–Crippen MR) is 81.9 cm³/mol. The minimum Gasteiger partial charge on any atom is -0.399 e. The Bertz CT molecular complexity index is 619. The Hall–Kier alpha value is -1.07. The van der Waals surface area contributed by atoms with Gasteiger partial charge in [0.25, 0.3) is 0 Å². The van der Waals surface area contributed by atoms with Gasteiger partial charge in [0, 0.05) is 11.7 Å². The fourth-order valence-electron chi connectivity index (χ4n) is 2.82. The van der Waals surface area contributed by atoms with E-state index < -0.39 is 10.0 Å². The third kappa shape index (κ3) is 2.23. The lowest BCUT2D eigenvalue weighted by Crippen LogP contribution is -2.30. The van der Waals surface area contributed by atoms with Gasteiger partial charge in [0.15, 0.2) is 0 Å². The van der Waals surface area contributed by atoms with Crippen LogP contribution in [0.2, 0.25) is 0 Å². The van der Waals surface area contributed by atoms with E-state index in [-0.39, 0.29) is 16.9 Å². The number of nitrogen functional groups attached to an aromatic ring is 1. The van der Waals surface area contributed by atoms with E-state index in [1.54, 1.807) is 18.2 Å². The van der Waals surface area contributed by atoms with Crippen LogP contribution in [0.4, 0.5) is 5.69 Å². The highest BCUT2D eigenvalue weighted by Crippen LogP contribution is 2.63. The maximum atomic E-state index is 12.6. The summed E-state index contributed by atoms with van der Waals surface area (Å²) in [4.78, 5) is 0.304. The lowest BCUT2D eigenvalue weighted by Gasteiger charge is -2.12. The van der Waals surface area contributed by atoms with Crippen molar-refractivity contribution in [2.75, 3.05) is 5.73 Å². The predicted octanol–water partition coefficient (Wildman–Crippen LogP) is 2.54. The van der Waals surface area contributed by atoms with Gasteiger partial charge in [0.1, 0.15) is 0 Å². The normalized spacial score (nSPS) is 20.9. The van der Waals surface area contributed by atoms with E-state index in [2.05, 4.69) is 32.4 Å². The van der Waals surface area contributed by atoms with Gasteiger partial charge in [-0.05, 0) is 34.9 Å². The van der Waals surface area contributed by atoms with Crippen LogP contribution in [-0.2, 0) is 16.4 Å². The smallest absolute Gasteiger partial charge is 0.241 e. The van der Waals surface area contributed by atoms with Gasteiger partial charge in [-0.3, -0.25) is 0 Å². The Morgan fingerprint density at radius 2 is 1.75 bits per heavy atom. The van der Waals surface area contributed by atoms with Gasteiger partial charge >= 0.3 is 0 Å². The molecule has 5 heteroatoms. The zero-order valence-corrected chi connectivity index (χ0v) is 13.6. The molecule has 4 nitrogen and oxygen atoms in total. The Kier molecular flexibility index (Phi) is 3.42. The number of hydrogen-bond donors (Lipinski definition) is 2. The number of hydrogen-bond acceptors (Lipinski definition) is 3. The molecular formula is C15H24N2O2S. The van der Waals surface area contributed by atoms with Crippen molar-refractivity contribution in [1.29, 1.82) is 0 Å². The number of benzene rings is 1. The fourth-order valence-corrected chi connectivity index (χ4v) is 4.70. The average molecular weight is 296 g/mol. The molecule has 0 heterocycles. The van der Waals surface area contributed by atoms with E-state index in [9.17, 15) is 8.42 Å². The highest BCUT2D eigenvalue weighted by Gasteiger charge is 2.66. The second kappa shape index (κ2) is 4.46. The molecule has 0 bridgehead atoms. The number of sulfonamides is 1. The van der Waals surface area contributed by atoms with Crippen LogP contribution in [0.1, 0.15) is 40.2 Å². The molecule has 0 unspecified atom stereocenters. The Labute approximate surface area is 121 Å². The first-order valence-electron chi connectivity index (χ1n) is 6.94. The highest BCUT2D eigenvalue weighted by atomic mass is 32.2. The van der Waals surface area contributed by atoms with Gasteiger partial charge in [0.2, 0.25) is 10.0 Å². The molecule has 1 aromatic rings. The fraction of sp³-hybridized carbons (Fsp3) is 0.600. The van der Waals surface area contributed by atoms with E-state index in [4.69, 9.17) is 5.73 Å². The van der Waals surface area contributed by atoms with E-state index in [1.165, 1.54) is 0 Å². The molecule has 20 heavy (non-hydrogen) atoms. The van der Waals surface area contributed by atoms with Crippen LogP contribution >= 0.6 is 0 Å². The molecule has 0 amide bonds. The van der Waals surface area contributed by atoms with Crippen LogP contribution in [0.5, 0.6) is 0 Å². The minimum absolute atomic E-state index is 0.0349. The van der Waals surface area contributed by atoms with Gasteiger partial charge in [-0.2, -0.15) is 0 Å². The molecule has 2 rings (SSSR count). The summed E-state index contributed by atoms with van der Waals surface area (Å²) in [5.74, 6) is 0. The second-order valence-corrected chi connectivity index (χ2v) is 8.40. The summed E-state index contributed by atoms with van der Waals surface area (Å²) >= 11 is 0. The van der Waals surface area contributed by atoms with Crippen molar-refractivity contribution < 1.29 is 8.42 Å². The van der Waals surface area contributed by atoms with Gasteiger partial charge in [-0.1, -0.05) is 40.7 Å². The van der Waals surface area contributed by atoms with Crippen molar-refractivity contribution in [3.63, 3.8) is 0 Å². The first kappa shape index (κ1) is 15.3. The van der Waals surface area contributed by atoms with Crippen LogP contribution in [0.25, 0.3) is 0 Å². The standard InChI is InChI=1S/C15H24N2O2S/c1-6-10-7-8-11(16)9-12(10)20(18,19)17-13-14(2,3)15(13,4)5/h7-9,13,17H,6,16H2,1-5H3. The molecule has 1 fully saturated rings. The molecule has 0 atom stereocenters. The molecule has 1 saturated carbocycles. The van der Waals surface area contributed by atoms with Crippen molar-refractivity contribution in [2.24, 2.45) is 10.8 Å². The van der Waals surface area contributed by atoms with Gasteiger partial charge < -0.3 is 5.73 Å². The summed E-state index contributed by atoms with van der Waals surface area (Å²) in [6.45, 7) is 10.3. The maximum Gasteiger partial charge on any atom is 0.241 e. The van der Waals surface area contributed by atoms with Crippen LogP contribution in [0.3, 0.4) is 0 Å².